The topological polar surface area (TPSA) is 36.2 Å². The molecule has 0 aromatic heterocycles. The van der Waals surface area contributed by atoms with E-state index in [1.54, 1.807) is 0 Å². The van der Waals surface area contributed by atoms with Gasteiger partial charge in [0.1, 0.15) is 0 Å². The fourth-order valence-electron chi connectivity index (χ4n) is 0.886. The number of benzene rings is 1. The van der Waals surface area contributed by atoms with E-state index in [0.29, 0.717) is 6.54 Å². The number of nitrogens with zero attached hydrogens (tertiary/aromatic N) is 1. The van der Waals surface area contributed by atoms with Gasteiger partial charge in [0.2, 0.25) is 0 Å². The van der Waals surface area contributed by atoms with E-state index in [9.17, 15) is 0 Å². The van der Waals surface area contributed by atoms with Crippen molar-refractivity contribution in [3.63, 3.8) is 0 Å². The largest absolute Gasteiger partial charge is 0.242 e. The van der Waals surface area contributed by atoms with Gasteiger partial charge in [-0.3, -0.25) is 0 Å². The van der Waals surface area contributed by atoms with Crippen LogP contribution in [0.25, 0.3) is 0 Å². The molecule has 0 bridgehead atoms. The first kappa shape index (κ1) is 7.70. The summed E-state index contributed by atoms with van der Waals surface area (Å²) in [7, 11) is 0. The molecule has 1 aromatic carbocycles. The van der Waals surface area contributed by atoms with Gasteiger partial charge >= 0.3 is 0 Å². The summed E-state index contributed by atoms with van der Waals surface area (Å²) < 4.78 is 0. The number of hydrogen-bond donors (Lipinski definition) is 1. The molecule has 11 heavy (non-hydrogen) atoms. The fraction of sp³-hybridized carbons (Fsp3) is 0.222. The number of nitrogens with one attached hydrogen (secondary N) is 1. The van der Waals surface area contributed by atoms with Crippen molar-refractivity contribution in [2.75, 3.05) is 6.54 Å². The van der Waals surface area contributed by atoms with Crippen LogP contribution in [0.2, 0.25) is 0 Å². The Hall–Kier alpha value is -1.40. The summed E-state index contributed by atoms with van der Waals surface area (Å²) in [6, 6.07) is 12.1. The molecule has 0 saturated heterocycles. The average molecular weight is 146 g/mol. The normalized spacial score (nSPS) is 8.73. The number of aliphatic imine (C=N–C) groups is 1. The Kier molecular flexibility index (Phi) is 3.10. The molecule has 2 nitrogen and oxygen atoms in total. The van der Waals surface area contributed by atoms with Crippen LogP contribution in [0.5, 0.6) is 0 Å². The smallest absolute Gasteiger partial charge is 0.0862 e. The lowest BCUT2D eigenvalue weighted by molar-refractivity contribution is 0.973. The monoisotopic (exact) mass is 146 g/mol. The van der Waals surface area contributed by atoms with Crippen molar-refractivity contribution >= 4 is 6.01 Å². The first-order valence-corrected chi connectivity index (χ1v) is 3.55. The Morgan fingerprint density at radius 3 is 2.64 bits per heavy atom. The summed E-state index contributed by atoms with van der Waals surface area (Å²) >= 11 is 0. The molecule has 0 aliphatic carbocycles. The second-order valence-corrected chi connectivity index (χ2v) is 2.23. The van der Waals surface area contributed by atoms with Gasteiger partial charge in [-0.05, 0) is 12.0 Å². The van der Waals surface area contributed by atoms with E-state index in [0.717, 1.165) is 6.42 Å². The zero-order valence-electron chi connectivity index (χ0n) is 6.25. The molecule has 1 N–H and O–H groups in total. The predicted molar refractivity (Wildman–Crippen MR) is 45.2 cm³/mol. The van der Waals surface area contributed by atoms with Crippen LogP contribution in [-0.2, 0) is 6.42 Å². The van der Waals surface area contributed by atoms with Crippen LogP contribution in [0.1, 0.15) is 5.56 Å². The molecule has 0 aliphatic rings. The van der Waals surface area contributed by atoms with Crippen molar-refractivity contribution in [2.24, 2.45) is 4.99 Å². The second kappa shape index (κ2) is 4.42. The summed E-state index contributed by atoms with van der Waals surface area (Å²) in [5.74, 6) is 0. The third-order valence-corrected chi connectivity index (χ3v) is 1.43. The first-order valence-electron chi connectivity index (χ1n) is 3.55. The van der Waals surface area contributed by atoms with Gasteiger partial charge in [0, 0.05) is 0 Å². The van der Waals surface area contributed by atoms with Crippen LogP contribution in [0.3, 0.4) is 0 Å². The van der Waals surface area contributed by atoms with E-state index < -0.39 is 0 Å². The minimum absolute atomic E-state index is 0.660. The van der Waals surface area contributed by atoms with E-state index in [2.05, 4.69) is 17.1 Å². The van der Waals surface area contributed by atoms with Crippen molar-refractivity contribution in [3.8, 4) is 0 Å². The highest BCUT2D eigenvalue weighted by molar-refractivity contribution is 5.35. The molecule has 0 unspecified atom stereocenters. The van der Waals surface area contributed by atoms with Gasteiger partial charge < -0.3 is 0 Å². The zero-order valence-corrected chi connectivity index (χ0v) is 6.25. The summed E-state index contributed by atoms with van der Waals surface area (Å²) in [5.41, 5.74) is 1.26. The van der Waals surface area contributed by atoms with Crippen molar-refractivity contribution in [1.82, 2.24) is 0 Å². The average Bonchev–Trinajstić information content (AvgIpc) is 2.07. The van der Waals surface area contributed by atoms with Gasteiger partial charge in [-0.2, -0.15) is 0 Å². The van der Waals surface area contributed by atoms with Gasteiger partial charge in [0.05, 0.1) is 12.6 Å². The SMILES string of the molecule is N=C=NCCc1ccccc1. The molecule has 0 atom stereocenters. The quantitative estimate of drug-likeness (QED) is 0.633. The van der Waals surface area contributed by atoms with E-state index in [1.165, 1.54) is 5.56 Å². The lowest BCUT2D eigenvalue weighted by atomic mass is 10.2. The maximum atomic E-state index is 6.55. The van der Waals surface area contributed by atoms with Gasteiger partial charge in [0.15, 0.2) is 0 Å². The van der Waals surface area contributed by atoms with Crippen molar-refractivity contribution in [1.29, 1.82) is 5.41 Å². The maximum Gasteiger partial charge on any atom is 0.0862 e. The molecule has 2 heteroatoms. The van der Waals surface area contributed by atoms with Crippen LogP contribution >= 0.6 is 0 Å². The van der Waals surface area contributed by atoms with Crippen LogP contribution in [0.4, 0.5) is 0 Å². The van der Waals surface area contributed by atoms with Crippen LogP contribution in [-0.4, -0.2) is 12.6 Å². The fourth-order valence-corrected chi connectivity index (χ4v) is 0.886. The number of rotatable bonds is 3. The van der Waals surface area contributed by atoms with Crippen molar-refractivity contribution in [2.45, 2.75) is 6.42 Å². The third-order valence-electron chi connectivity index (χ3n) is 1.43. The van der Waals surface area contributed by atoms with Gasteiger partial charge in [-0.25, -0.2) is 10.4 Å². The lowest BCUT2D eigenvalue weighted by Crippen LogP contribution is -1.87. The van der Waals surface area contributed by atoms with Crippen molar-refractivity contribution < 1.29 is 0 Å². The zero-order chi connectivity index (χ0) is 7.94. The molecule has 0 radical (unpaired) electrons. The molecule has 1 aromatic rings. The molecule has 0 aliphatic heterocycles. The maximum absolute atomic E-state index is 6.55. The molecule has 0 saturated carbocycles. The lowest BCUT2D eigenvalue weighted by Gasteiger charge is -1.94. The van der Waals surface area contributed by atoms with E-state index in [4.69, 9.17) is 5.41 Å². The van der Waals surface area contributed by atoms with E-state index >= 15 is 0 Å². The predicted octanol–water partition coefficient (Wildman–Crippen LogP) is 1.98. The third kappa shape index (κ3) is 2.78. The minimum Gasteiger partial charge on any atom is -0.242 e. The molecular weight excluding hydrogens is 136 g/mol. The Labute approximate surface area is 66.1 Å². The van der Waals surface area contributed by atoms with Crippen LogP contribution in [0.15, 0.2) is 35.3 Å². The van der Waals surface area contributed by atoms with Gasteiger partial charge in [-0.1, -0.05) is 30.3 Å². The molecular formula is C9H10N2. The Bertz CT molecular complexity index is 248. The summed E-state index contributed by atoms with van der Waals surface area (Å²) in [6.07, 6.45) is 0.896. The number of hydrogen-bond acceptors (Lipinski definition) is 2. The summed E-state index contributed by atoms with van der Waals surface area (Å²) in [6.45, 7) is 0.660. The molecule has 0 spiro atoms. The highest BCUT2D eigenvalue weighted by atomic mass is 14.7. The standard InChI is InChI=1S/C9H10N2/c10-8-11-7-6-9-4-2-1-3-5-9/h1-5,10H,6-7H2. The van der Waals surface area contributed by atoms with E-state index in [1.807, 2.05) is 24.2 Å². The van der Waals surface area contributed by atoms with E-state index in [-0.39, 0.29) is 0 Å². The van der Waals surface area contributed by atoms with Crippen molar-refractivity contribution in [3.05, 3.63) is 35.9 Å². The highest BCUT2D eigenvalue weighted by Gasteiger charge is 1.87. The van der Waals surface area contributed by atoms with Gasteiger partial charge in [-0.15, -0.1) is 0 Å². The molecule has 1 rings (SSSR count). The molecule has 0 fully saturated rings. The Balaban J connectivity index is 2.45. The minimum atomic E-state index is 0.660. The summed E-state index contributed by atoms with van der Waals surface area (Å²) in [4.78, 5) is 3.68. The molecule has 0 heterocycles. The highest BCUT2D eigenvalue weighted by Crippen LogP contribution is 1.98. The summed E-state index contributed by atoms with van der Waals surface area (Å²) in [5, 5.41) is 6.55. The molecule has 56 valence electrons. The van der Waals surface area contributed by atoms with Crippen LogP contribution in [0, 0.1) is 5.41 Å². The first-order chi connectivity index (χ1) is 5.43. The Morgan fingerprint density at radius 2 is 2.00 bits per heavy atom. The Morgan fingerprint density at radius 1 is 1.27 bits per heavy atom. The van der Waals surface area contributed by atoms with Crippen LogP contribution < -0.4 is 0 Å². The molecule has 0 amide bonds. The second-order valence-electron chi connectivity index (χ2n) is 2.23. The van der Waals surface area contributed by atoms with Gasteiger partial charge in [0.25, 0.3) is 0 Å².